The van der Waals surface area contributed by atoms with Crippen molar-refractivity contribution in [3.8, 4) is 0 Å². The Morgan fingerprint density at radius 1 is 0.900 bits per heavy atom. The number of rotatable bonds is 1. The Balaban J connectivity index is 1.75. The maximum atomic E-state index is 12.7. The van der Waals surface area contributed by atoms with Crippen LogP contribution in [0.4, 0.5) is 5.69 Å². The Morgan fingerprint density at radius 2 is 1.40 bits per heavy atom. The first-order valence-corrected chi connectivity index (χ1v) is 8.65. The molecule has 1 saturated heterocycles. The fourth-order valence-electron chi connectivity index (χ4n) is 4.18. The van der Waals surface area contributed by atoms with E-state index in [0.29, 0.717) is 15.3 Å². The molecule has 3 nitrogen and oxygen atoms in total. The van der Waals surface area contributed by atoms with Gasteiger partial charge in [-0.15, -0.1) is 0 Å². The minimum atomic E-state index is -0.133. The first-order valence-electron chi connectivity index (χ1n) is 6.82. The number of nitrogens with zero attached hydrogens (tertiary/aromatic N) is 1. The molecule has 2 amide bonds. The number of benzene rings is 1. The van der Waals surface area contributed by atoms with Gasteiger partial charge < -0.3 is 0 Å². The van der Waals surface area contributed by atoms with Crippen LogP contribution in [0.3, 0.4) is 0 Å². The van der Waals surface area contributed by atoms with E-state index in [4.69, 9.17) is 0 Å². The molecule has 6 atom stereocenters. The minimum absolute atomic E-state index is 0.0115. The quantitative estimate of drug-likeness (QED) is 0.538. The largest absolute Gasteiger partial charge is 0.274 e. The van der Waals surface area contributed by atoms with Gasteiger partial charge in [-0.3, -0.25) is 14.5 Å². The Kier molecular flexibility index (Phi) is 2.87. The van der Waals surface area contributed by atoms with Crippen LogP contribution in [0.5, 0.6) is 0 Å². The fraction of sp³-hybridized carbons (Fsp3) is 0.467. The van der Waals surface area contributed by atoms with Crippen LogP contribution in [0.1, 0.15) is 6.42 Å². The molecule has 0 unspecified atom stereocenters. The number of halogens is 2. The van der Waals surface area contributed by atoms with Gasteiger partial charge in [0, 0.05) is 9.65 Å². The fourth-order valence-corrected chi connectivity index (χ4v) is 6.05. The highest BCUT2D eigenvalue weighted by Gasteiger charge is 2.66. The molecule has 0 N–H and O–H groups in total. The molecule has 1 aromatic rings. The molecule has 3 fully saturated rings. The van der Waals surface area contributed by atoms with Crippen LogP contribution in [0.15, 0.2) is 30.3 Å². The topological polar surface area (TPSA) is 37.4 Å². The van der Waals surface area contributed by atoms with Gasteiger partial charge in [0.15, 0.2) is 0 Å². The van der Waals surface area contributed by atoms with E-state index in [0.717, 1.165) is 6.42 Å². The van der Waals surface area contributed by atoms with Crippen molar-refractivity contribution < 1.29 is 9.59 Å². The summed E-state index contributed by atoms with van der Waals surface area (Å²) in [6.45, 7) is 0. The van der Waals surface area contributed by atoms with Gasteiger partial charge in [-0.05, 0) is 30.4 Å². The van der Waals surface area contributed by atoms with E-state index in [1.54, 1.807) is 0 Å². The van der Waals surface area contributed by atoms with Gasteiger partial charge in [-0.2, -0.15) is 0 Å². The van der Waals surface area contributed by atoms with Crippen molar-refractivity contribution in [2.24, 2.45) is 23.7 Å². The van der Waals surface area contributed by atoms with Crippen molar-refractivity contribution >= 4 is 49.4 Å². The zero-order valence-electron chi connectivity index (χ0n) is 10.6. The molecule has 1 heterocycles. The van der Waals surface area contributed by atoms with Crippen molar-refractivity contribution in [3.63, 3.8) is 0 Å². The summed E-state index contributed by atoms with van der Waals surface area (Å²) >= 11 is 7.38. The van der Waals surface area contributed by atoms with Crippen LogP contribution in [-0.4, -0.2) is 21.5 Å². The summed E-state index contributed by atoms with van der Waals surface area (Å²) in [5.74, 6) is 0.265. The summed E-state index contributed by atoms with van der Waals surface area (Å²) < 4.78 is 0. The highest BCUT2D eigenvalue weighted by atomic mass is 79.9. The number of carbonyl (C=O) groups excluding carboxylic acids is 2. The lowest BCUT2D eigenvalue weighted by Gasteiger charge is -2.28. The number of hydrogen-bond donors (Lipinski definition) is 0. The van der Waals surface area contributed by atoms with Crippen molar-refractivity contribution in [2.75, 3.05) is 4.90 Å². The molecule has 1 aromatic carbocycles. The zero-order valence-corrected chi connectivity index (χ0v) is 13.7. The van der Waals surface area contributed by atoms with Crippen LogP contribution in [-0.2, 0) is 9.59 Å². The number of anilines is 1. The van der Waals surface area contributed by atoms with Gasteiger partial charge in [-0.1, -0.05) is 50.1 Å². The number of fused-ring (bicyclic) bond motifs is 5. The van der Waals surface area contributed by atoms with Crippen LogP contribution in [0.2, 0.25) is 0 Å². The summed E-state index contributed by atoms with van der Waals surface area (Å²) in [4.78, 5) is 27.4. The summed E-state index contributed by atoms with van der Waals surface area (Å²) in [5.41, 5.74) is 0.702. The second kappa shape index (κ2) is 4.41. The van der Waals surface area contributed by atoms with Crippen molar-refractivity contribution in [1.29, 1.82) is 0 Å². The maximum Gasteiger partial charge on any atom is 0.238 e. The summed E-state index contributed by atoms with van der Waals surface area (Å²) in [7, 11) is 0. The van der Waals surface area contributed by atoms with Crippen molar-refractivity contribution in [1.82, 2.24) is 0 Å². The summed E-state index contributed by atoms with van der Waals surface area (Å²) in [6.07, 6.45) is 0.973. The van der Waals surface area contributed by atoms with Crippen molar-refractivity contribution in [2.45, 2.75) is 16.1 Å². The minimum Gasteiger partial charge on any atom is -0.274 e. The second-order valence-electron chi connectivity index (χ2n) is 5.85. The standard InChI is InChI=1S/C15H13Br2NO2/c16-12-8-6-9(13(12)17)11-10(8)14(19)18(15(11)20)7-4-2-1-3-5-7/h1-5,8-13H,6H2/t8-,9-,10-,11+,12-,13+/m1/s1. The molecule has 0 spiro atoms. The molecule has 5 heteroatoms. The highest BCUT2D eigenvalue weighted by Crippen LogP contribution is 2.60. The van der Waals surface area contributed by atoms with Gasteiger partial charge >= 0.3 is 0 Å². The Hall–Kier alpha value is -0.680. The lowest BCUT2D eigenvalue weighted by Crippen LogP contribution is -2.37. The van der Waals surface area contributed by atoms with Crippen LogP contribution in [0.25, 0.3) is 0 Å². The third-order valence-corrected chi connectivity index (χ3v) is 8.21. The lowest BCUT2D eigenvalue weighted by atomic mass is 9.81. The van der Waals surface area contributed by atoms with Gasteiger partial charge in [0.2, 0.25) is 11.8 Å². The number of alkyl halides is 2. The molecule has 4 rings (SSSR count). The zero-order chi connectivity index (χ0) is 14.0. The first-order chi connectivity index (χ1) is 9.61. The normalized spacial score (nSPS) is 42.4. The van der Waals surface area contributed by atoms with Crippen LogP contribution >= 0.6 is 31.9 Å². The molecule has 104 valence electrons. The molecule has 2 aliphatic carbocycles. The molecule has 3 aliphatic rings. The molecule has 1 aliphatic heterocycles. The summed E-state index contributed by atoms with van der Waals surface area (Å²) in [6, 6.07) is 9.27. The van der Waals surface area contributed by atoms with E-state index in [2.05, 4.69) is 31.9 Å². The number of hydrogen-bond acceptors (Lipinski definition) is 2. The van der Waals surface area contributed by atoms with E-state index >= 15 is 0 Å². The van der Waals surface area contributed by atoms with E-state index in [-0.39, 0.29) is 35.5 Å². The van der Waals surface area contributed by atoms with E-state index in [1.165, 1.54) is 4.90 Å². The predicted octanol–water partition coefficient (Wildman–Crippen LogP) is 2.97. The molecule has 20 heavy (non-hydrogen) atoms. The lowest BCUT2D eigenvalue weighted by molar-refractivity contribution is -0.123. The predicted molar refractivity (Wildman–Crippen MR) is 82.9 cm³/mol. The third kappa shape index (κ3) is 1.51. The van der Waals surface area contributed by atoms with E-state index in [1.807, 2.05) is 30.3 Å². The average Bonchev–Trinajstić information content (AvgIpc) is 3.05. The van der Waals surface area contributed by atoms with E-state index in [9.17, 15) is 9.59 Å². The SMILES string of the molecule is O=C1[C@@H]2[C@H]3C[C@@H]([C@H](Br)[C@@H]3Br)[C@@H]2C(=O)N1c1ccccc1. The second-order valence-corrected chi connectivity index (χ2v) is 7.97. The molecule has 2 bridgehead atoms. The number of carbonyl (C=O) groups is 2. The monoisotopic (exact) mass is 397 g/mol. The average molecular weight is 399 g/mol. The number of para-hydroxylation sites is 1. The molecule has 2 saturated carbocycles. The van der Waals surface area contributed by atoms with Gasteiger partial charge in [0.1, 0.15) is 0 Å². The molecular weight excluding hydrogens is 386 g/mol. The number of imide groups is 1. The smallest absolute Gasteiger partial charge is 0.238 e. The third-order valence-electron chi connectivity index (χ3n) is 5.00. The Bertz CT molecular complexity index is 559. The van der Waals surface area contributed by atoms with Gasteiger partial charge in [0.25, 0.3) is 0 Å². The van der Waals surface area contributed by atoms with Crippen molar-refractivity contribution in [3.05, 3.63) is 30.3 Å². The Labute approximate surface area is 134 Å². The van der Waals surface area contributed by atoms with Crippen LogP contribution in [0, 0.1) is 23.7 Å². The Morgan fingerprint density at radius 3 is 1.90 bits per heavy atom. The first kappa shape index (κ1) is 13.0. The maximum absolute atomic E-state index is 12.7. The molecule has 0 aromatic heterocycles. The van der Waals surface area contributed by atoms with E-state index < -0.39 is 0 Å². The van der Waals surface area contributed by atoms with Crippen LogP contribution < -0.4 is 4.90 Å². The highest BCUT2D eigenvalue weighted by molar-refractivity contribution is 9.12. The molecular formula is C15H13Br2NO2. The van der Waals surface area contributed by atoms with Gasteiger partial charge in [0.05, 0.1) is 17.5 Å². The van der Waals surface area contributed by atoms with Gasteiger partial charge in [-0.25, -0.2) is 0 Å². The number of amides is 2. The molecule has 0 radical (unpaired) electrons. The summed E-state index contributed by atoms with van der Waals surface area (Å²) in [5, 5.41) is 0.